The number of hydrogen-bond acceptors (Lipinski definition) is 5. The second-order valence-corrected chi connectivity index (χ2v) is 7.56. The first-order valence-electron chi connectivity index (χ1n) is 10.6. The van der Waals surface area contributed by atoms with Gasteiger partial charge in [0.2, 0.25) is 5.91 Å². The third-order valence-corrected chi connectivity index (χ3v) is 5.72. The fourth-order valence-electron chi connectivity index (χ4n) is 4.35. The number of fused-ring (bicyclic) bond motifs is 4. The topological polar surface area (TPSA) is 80.9 Å². The van der Waals surface area contributed by atoms with Gasteiger partial charge in [0.05, 0.1) is 14.5 Å². The number of alkyl halides is 2. The van der Waals surface area contributed by atoms with Gasteiger partial charge in [0.1, 0.15) is 6.04 Å². The van der Waals surface area contributed by atoms with Crippen molar-refractivity contribution >= 4 is 22.8 Å². The van der Waals surface area contributed by atoms with E-state index in [1.165, 1.54) is 25.3 Å². The summed E-state index contributed by atoms with van der Waals surface area (Å²) in [6.45, 7) is 1.62. The van der Waals surface area contributed by atoms with Gasteiger partial charge in [0, 0.05) is 29.4 Å². The van der Waals surface area contributed by atoms with Crippen LogP contribution in [0.15, 0.2) is 42.5 Å². The van der Waals surface area contributed by atoms with Gasteiger partial charge in [-0.15, -0.1) is 8.78 Å². The molecule has 2 atom stereocenters. The second kappa shape index (κ2) is 7.22. The molecule has 0 spiro atoms. The molecule has 1 amide bonds. The number of H-pyrrole nitrogens is 1. The summed E-state index contributed by atoms with van der Waals surface area (Å²) < 4.78 is 50.9. The summed E-state index contributed by atoms with van der Waals surface area (Å²) in [5.41, 5.74) is 1.93. The SMILES string of the molecule is [2H][C@]1(c2ccc3c(c2)OC(F)(F)O3)c2[nH]c3ccccc3c2C[C@@H](C(=O)OC)N1C(=O)CC. The van der Waals surface area contributed by atoms with Crippen molar-refractivity contribution in [3.05, 3.63) is 59.3 Å². The number of amides is 1. The average Bonchev–Trinajstić information content (AvgIpc) is 3.33. The number of esters is 1. The van der Waals surface area contributed by atoms with E-state index in [1.54, 1.807) is 6.92 Å². The third kappa shape index (κ3) is 3.07. The molecule has 0 aliphatic carbocycles. The van der Waals surface area contributed by atoms with Crippen molar-refractivity contribution in [2.45, 2.75) is 38.1 Å². The van der Waals surface area contributed by atoms with Gasteiger partial charge in [0.15, 0.2) is 11.5 Å². The first-order valence-corrected chi connectivity index (χ1v) is 10.1. The highest BCUT2D eigenvalue weighted by atomic mass is 19.3. The van der Waals surface area contributed by atoms with Crippen molar-refractivity contribution in [1.29, 1.82) is 0 Å². The van der Waals surface area contributed by atoms with Crippen LogP contribution in [0, 0.1) is 0 Å². The van der Waals surface area contributed by atoms with E-state index in [0.717, 1.165) is 15.8 Å². The van der Waals surface area contributed by atoms with Crippen molar-refractivity contribution in [1.82, 2.24) is 9.88 Å². The lowest BCUT2D eigenvalue weighted by Gasteiger charge is -2.41. The number of rotatable bonds is 3. The van der Waals surface area contributed by atoms with Gasteiger partial charge in [0.25, 0.3) is 0 Å². The quantitative estimate of drug-likeness (QED) is 0.621. The van der Waals surface area contributed by atoms with Crippen molar-refractivity contribution in [2.75, 3.05) is 7.11 Å². The van der Waals surface area contributed by atoms with Crippen molar-refractivity contribution < 1.29 is 34.0 Å². The zero-order valence-electron chi connectivity index (χ0n) is 18.3. The molecular weight excluding hydrogens is 422 g/mol. The molecule has 166 valence electrons. The fraction of sp³-hybridized carbons (Fsp3) is 0.304. The van der Waals surface area contributed by atoms with Gasteiger partial charge in [-0.05, 0) is 29.3 Å². The summed E-state index contributed by atoms with van der Waals surface area (Å²) in [7, 11) is 1.22. The lowest BCUT2D eigenvalue weighted by molar-refractivity contribution is -0.286. The highest BCUT2D eigenvalue weighted by Gasteiger charge is 2.46. The minimum absolute atomic E-state index is 0.0201. The molecule has 9 heteroatoms. The maximum absolute atomic E-state index is 13.6. The van der Waals surface area contributed by atoms with Gasteiger partial charge in [-0.2, -0.15) is 0 Å². The molecule has 0 unspecified atom stereocenters. The van der Waals surface area contributed by atoms with Crippen LogP contribution in [0.1, 0.15) is 37.6 Å². The molecule has 2 aliphatic rings. The highest BCUT2D eigenvalue weighted by Crippen LogP contribution is 2.46. The molecule has 0 saturated carbocycles. The summed E-state index contributed by atoms with van der Waals surface area (Å²) in [6.07, 6.45) is -3.67. The molecule has 7 nitrogen and oxygen atoms in total. The smallest absolute Gasteiger partial charge is 0.467 e. The number of carbonyl (C=O) groups excluding carboxylic acids is 2. The summed E-state index contributed by atoms with van der Waals surface area (Å²) >= 11 is 0. The number of halogens is 2. The Hall–Kier alpha value is -3.62. The normalized spacial score (nSPS) is 23.6. The van der Waals surface area contributed by atoms with Crippen LogP contribution in [0.25, 0.3) is 10.9 Å². The molecule has 0 saturated heterocycles. The number of para-hydroxylation sites is 1. The molecule has 32 heavy (non-hydrogen) atoms. The van der Waals surface area contributed by atoms with E-state index >= 15 is 0 Å². The highest BCUT2D eigenvalue weighted by molar-refractivity contribution is 5.90. The summed E-state index contributed by atoms with van der Waals surface area (Å²) in [5.74, 6) is -1.58. The predicted octanol–water partition coefficient (Wildman–Crippen LogP) is 3.92. The van der Waals surface area contributed by atoms with E-state index in [0.29, 0.717) is 11.3 Å². The van der Waals surface area contributed by atoms with E-state index in [1.807, 2.05) is 24.3 Å². The van der Waals surface area contributed by atoms with Gasteiger partial charge in [-0.1, -0.05) is 31.2 Å². The van der Waals surface area contributed by atoms with Crippen LogP contribution in [0.3, 0.4) is 0 Å². The standard InChI is InChI=1S/C23H20F2N2O5/c1-3-19(28)27-16(22(29)30-2)11-14-13-6-4-5-7-15(13)26-20(14)21(27)12-8-9-17-18(10-12)32-23(24,25)31-17/h4-10,16,21,26H,3,11H2,1-2H3/t16-,21-/m0/s1/i21D. The summed E-state index contributed by atoms with van der Waals surface area (Å²) in [4.78, 5) is 30.3. The molecule has 3 aromatic rings. The Labute approximate surface area is 183 Å². The molecule has 2 aromatic carbocycles. The average molecular weight is 443 g/mol. The molecule has 1 aromatic heterocycles. The summed E-state index contributed by atoms with van der Waals surface area (Å²) in [5, 5.41) is 0.800. The predicted molar refractivity (Wildman–Crippen MR) is 109 cm³/mol. The van der Waals surface area contributed by atoms with Gasteiger partial charge >= 0.3 is 12.3 Å². The zero-order valence-corrected chi connectivity index (χ0v) is 17.3. The van der Waals surface area contributed by atoms with Crippen LogP contribution in [0.2, 0.25) is 0 Å². The van der Waals surface area contributed by atoms with E-state index in [2.05, 4.69) is 14.5 Å². The van der Waals surface area contributed by atoms with Crippen LogP contribution in [0.5, 0.6) is 11.5 Å². The largest absolute Gasteiger partial charge is 0.586 e. The van der Waals surface area contributed by atoms with Crippen molar-refractivity contribution in [2.24, 2.45) is 0 Å². The van der Waals surface area contributed by atoms with Crippen molar-refractivity contribution in [3.63, 3.8) is 0 Å². The van der Waals surface area contributed by atoms with E-state index < -0.39 is 30.2 Å². The molecule has 3 heterocycles. The zero-order chi connectivity index (χ0) is 23.5. The third-order valence-electron chi connectivity index (χ3n) is 5.72. The van der Waals surface area contributed by atoms with E-state index in [9.17, 15) is 19.7 Å². The number of hydrogen-bond donors (Lipinski definition) is 1. The Morgan fingerprint density at radius 1 is 1.25 bits per heavy atom. The number of ether oxygens (including phenoxy) is 3. The Morgan fingerprint density at radius 3 is 2.75 bits per heavy atom. The van der Waals surface area contributed by atoms with Crippen LogP contribution in [-0.4, -0.2) is 41.2 Å². The Kier molecular flexibility index (Phi) is 4.31. The lowest BCUT2D eigenvalue weighted by atomic mass is 9.87. The number of nitrogens with zero attached hydrogens (tertiary/aromatic N) is 1. The number of nitrogens with one attached hydrogen (secondary N) is 1. The Balaban J connectivity index is 1.79. The molecule has 0 radical (unpaired) electrons. The van der Waals surface area contributed by atoms with Crippen LogP contribution in [-0.2, 0) is 20.7 Å². The monoisotopic (exact) mass is 443 g/mol. The van der Waals surface area contributed by atoms with E-state index in [4.69, 9.17) is 4.74 Å². The van der Waals surface area contributed by atoms with E-state index in [-0.39, 0.29) is 29.9 Å². The first kappa shape index (κ1) is 19.1. The molecule has 0 bridgehead atoms. The maximum atomic E-state index is 13.6. The molecule has 1 N–H and O–H groups in total. The molecule has 0 fully saturated rings. The Bertz CT molecular complexity index is 1290. The van der Waals surface area contributed by atoms with Crippen LogP contribution < -0.4 is 9.47 Å². The minimum Gasteiger partial charge on any atom is -0.467 e. The van der Waals surface area contributed by atoms with Gasteiger partial charge in [-0.3, -0.25) is 4.79 Å². The van der Waals surface area contributed by atoms with Crippen molar-refractivity contribution in [3.8, 4) is 11.5 Å². The number of benzene rings is 2. The van der Waals surface area contributed by atoms with Gasteiger partial charge < -0.3 is 24.1 Å². The number of aromatic amines is 1. The number of aromatic nitrogens is 1. The second-order valence-electron chi connectivity index (χ2n) is 7.56. The fourth-order valence-corrected chi connectivity index (χ4v) is 4.35. The number of carbonyl (C=O) groups is 2. The summed E-state index contributed by atoms with van der Waals surface area (Å²) in [6, 6.07) is 8.24. The van der Waals surface area contributed by atoms with Crippen LogP contribution >= 0.6 is 0 Å². The number of methoxy groups -OCH3 is 1. The van der Waals surface area contributed by atoms with Crippen LogP contribution in [0.4, 0.5) is 8.78 Å². The Morgan fingerprint density at radius 2 is 2.00 bits per heavy atom. The molecular formula is C23H20F2N2O5. The first-order chi connectivity index (χ1) is 15.7. The minimum atomic E-state index is -3.83. The maximum Gasteiger partial charge on any atom is 0.586 e. The van der Waals surface area contributed by atoms with Gasteiger partial charge in [-0.25, -0.2) is 4.79 Å². The molecule has 2 aliphatic heterocycles. The molecule has 5 rings (SSSR count). The lowest BCUT2D eigenvalue weighted by Crippen LogP contribution is -2.51.